The molecule has 0 fully saturated rings. The van der Waals surface area contributed by atoms with Crippen molar-refractivity contribution < 1.29 is 18.1 Å². The number of para-hydroxylation sites is 1. The molecule has 0 bridgehead atoms. The van der Waals surface area contributed by atoms with Crippen molar-refractivity contribution in [2.24, 2.45) is 0 Å². The zero-order valence-corrected chi connectivity index (χ0v) is 15.3. The summed E-state index contributed by atoms with van der Waals surface area (Å²) in [6, 6.07) is 14.4. The number of hydrogen-bond acceptors (Lipinski definition) is 6. The Hall–Kier alpha value is -4.27. The van der Waals surface area contributed by atoms with Crippen molar-refractivity contribution in [1.82, 2.24) is 14.9 Å². The average Bonchev–Trinajstić information content (AvgIpc) is 3.36. The number of carbonyl (C=O) groups excluding carboxylic acids is 1. The number of nitrogens with zero attached hydrogens (tertiary/aromatic N) is 3. The Morgan fingerprint density at radius 3 is 2.83 bits per heavy atom. The molecule has 0 aliphatic rings. The van der Waals surface area contributed by atoms with Crippen LogP contribution in [0.4, 0.5) is 10.3 Å². The van der Waals surface area contributed by atoms with Crippen molar-refractivity contribution in [2.75, 3.05) is 5.32 Å². The molecule has 0 saturated heterocycles. The van der Waals surface area contributed by atoms with Crippen LogP contribution < -0.4 is 10.9 Å². The number of anilines is 1. The summed E-state index contributed by atoms with van der Waals surface area (Å²) in [6.45, 7) is -0.160. The fraction of sp³-hybridized carbons (Fsp3) is 0.0476. The first kappa shape index (κ1) is 17.8. The molecule has 1 amide bonds. The molecule has 0 unspecified atom stereocenters. The average molecular weight is 404 g/mol. The second-order valence-corrected chi connectivity index (χ2v) is 6.59. The third-order valence-corrected chi connectivity index (χ3v) is 4.59. The maximum absolute atomic E-state index is 13.4. The van der Waals surface area contributed by atoms with Crippen molar-refractivity contribution in [1.29, 1.82) is 0 Å². The van der Waals surface area contributed by atoms with Crippen molar-refractivity contribution >= 4 is 33.7 Å². The molecule has 9 heteroatoms. The predicted molar refractivity (Wildman–Crippen MR) is 106 cm³/mol. The molecule has 0 aliphatic heterocycles. The van der Waals surface area contributed by atoms with Gasteiger partial charge in [0.25, 0.3) is 0 Å². The van der Waals surface area contributed by atoms with E-state index in [1.807, 2.05) is 6.07 Å². The zero-order valence-electron chi connectivity index (χ0n) is 15.3. The maximum Gasteiger partial charge on any atom is 0.347 e. The van der Waals surface area contributed by atoms with E-state index < -0.39 is 17.3 Å². The molecule has 0 spiro atoms. The number of carbonyl (C=O) groups is 1. The van der Waals surface area contributed by atoms with Crippen molar-refractivity contribution in [3.05, 3.63) is 77.0 Å². The first-order valence-corrected chi connectivity index (χ1v) is 8.98. The molecule has 148 valence electrons. The molecule has 0 saturated carbocycles. The highest BCUT2D eigenvalue weighted by Crippen LogP contribution is 2.24. The van der Waals surface area contributed by atoms with E-state index in [9.17, 15) is 14.0 Å². The van der Waals surface area contributed by atoms with Crippen LogP contribution in [0.25, 0.3) is 33.1 Å². The molecule has 30 heavy (non-hydrogen) atoms. The number of aromatic nitrogens is 3. The van der Waals surface area contributed by atoms with Crippen LogP contribution in [0.2, 0.25) is 0 Å². The van der Waals surface area contributed by atoms with E-state index >= 15 is 0 Å². The minimum atomic E-state index is -0.523. The molecule has 3 aromatic heterocycles. The van der Waals surface area contributed by atoms with Crippen LogP contribution >= 0.6 is 0 Å². The molecule has 0 radical (unpaired) electrons. The molecule has 1 N–H and O–H groups in total. The SMILES string of the molecule is O=C(Cn1ncc2c(=O)oc3ccccc3c21)Nc1cc(-c2cccc(F)c2)no1. The Labute approximate surface area is 167 Å². The topological polar surface area (TPSA) is 103 Å². The summed E-state index contributed by atoms with van der Waals surface area (Å²) in [7, 11) is 0. The highest BCUT2D eigenvalue weighted by molar-refractivity contribution is 6.02. The van der Waals surface area contributed by atoms with Gasteiger partial charge in [-0.05, 0) is 24.3 Å². The standard InChI is InChI=1S/C21H13FN4O4/c22-13-5-3-4-12(8-13)16-9-19(30-25-16)24-18(27)11-26-20-14-6-1-2-7-17(14)29-21(28)15(20)10-23-26/h1-10H,11H2,(H,24,27). The van der Waals surface area contributed by atoms with E-state index in [1.54, 1.807) is 30.3 Å². The Bertz CT molecular complexity index is 1470. The highest BCUT2D eigenvalue weighted by atomic mass is 19.1. The molecule has 2 aromatic carbocycles. The molecule has 8 nitrogen and oxygen atoms in total. The molecule has 5 rings (SSSR count). The van der Waals surface area contributed by atoms with Crippen molar-refractivity contribution in [3.8, 4) is 11.3 Å². The molecular weight excluding hydrogens is 391 g/mol. The normalized spacial score (nSPS) is 11.2. The monoisotopic (exact) mass is 404 g/mol. The summed E-state index contributed by atoms with van der Waals surface area (Å²) in [4.78, 5) is 24.7. The summed E-state index contributed by atoms with van der Waals surface area (Å²) in [6.07, 6.45) is 1.37. The first-order valence-electron chi connectivity index (χ1n) is 8.98. The van der Waals surface area contributed by atoms with E-state index in [4.69, 9.17) is 8.94 Å². The van der Waals surface area contributed by atoms with Crippen LogP contribution in [0.5, 0.6) is 0 Å². The molecule has 0 aliphatic carbocycles. The van der Waals surface area contributed by atoms with Gasteiger partial charge in [0.05, 0.1) is 11.7 Å². The van der Waals surface area contributed by atoms with Gasteiger partial charge in [0.2, 0.25) is 11.8 Å². The van der Waals surface area contributed by atoms with Gasteiger partial charge < -0.3 is 8.94 Å². The van der Waals surface area contributed by atoms with Gasteiger partial charge in [-0.1, -0.05) is 29.4 Å². The quantitative estimate of drug-likeness (QED) is 0.459. The summed E-state index contributed by atoms with van der Waals surface area (Å²) in [5.74, 6) is -0.720. The van der Waals surface area contributed by atoms with E-state index in [2.05, 4.69) is 15.6 Å². The van der Waals surface area contributed by atoms with Crippen LogP contribution in [0.15, 0.2) is 74.5 Å². The van der Waals surface area contributed by atoms with Gasteiger partial charge >= 0.3 is 5.63 Å². The number of fused-ring (bicyclic) bond motifs is 3. The maximum atomic E-state index is 13.4. The molecule has 5 aromatic rings. The molecular formula is C21H13FN4O4. The van der Waals surface area contributed by atoms with Gasteiger partial charge in [-0.25, -0.2) is 9.18 Å². The van der Waals surface area contributed by atoms with Gasteiger partial charge in [0.1, 0.15) is 29.0 Å². The predicted octanol–water partition coefficient (Wildman–Crippen LogP) is 3.58. The lowest BCUT2D eigenvalue weighted by molar-refractivity contribution is -0.117. The van der Waals surface area contributed by atoms with Gasteiger partial charge in [-0.3, -0.25) is 14.8 Å². The van der Waals surface area contributed by atoms with E-state index in [1.165, 1.54) is 29.1 Å². The third kappa shape index (κ3) is 3.12. The van der Waals surface area contributed by atoms with Crippen LogP contribution in [0.1, 0.15) is 0 Å². The van der Waals surface area contributed by atoms with Crippen molar-refractivity contribution in [3.63, 3.8) is 0 Å². The van der Waals surface area contributed by atoms with Crippen LogP contribution in [0.3, 0.4) is 0 Å². The fourth-order valence-electron chi connectivity index (χ4n) is 3.28. The van der Waals surface area contributed by atoms with E-state index in [0.29, 0.717) is 27.7 Å². The van der Waals surface area contributed by atoms with Gasteiger partial charge in [-0.15, -0.1) is 0 Å². The lowest BCUT2D eigenvalue weighted by Gasteiger charge is -2.05. The van der Waals surface area contributed by atoms with E-state index in [-0.39, 0.29) is 17.8 Å². The number of halogens is 1. The second kappa shape index (κ2) is 6.96. The Kier molecular flexibility index (Phi) is 4.13. The summed E-state index contributed by atoms with van der Waals surface area (Å²) >= 11 is 0. The molecule has 0 atom stereocenters. The largest absolute Gasteiger partial charge is 0.422 e. The summed E-state index contributed by atoms with van der Waals surface area (Å²) in [5, 5.41) is 11.6. The van der Waals surface area contributed by atoms with Crippen LogP contribution in [0, 0.1) is 5.82 Å². The summed E-state index contributed by atoms with van der Waals surface area (Å²) < 4.78 is 25.2. The van der Waals surface area contributed by atoms with E-state index in [0.717, 1.165) is 0 Å². The smallest absolute Gasteiger partial charge is 0.347 e. The number of amides is 1. The fourth-order valence-corrected chi connectivity index (χ4v) is 3.28. The number of benzene rings is 2. The van der Waals surface area contributed by atoms with Crippen LogP contribution in [-0.2, 0) is 11.3 Å². The number of nitrogens with one attached hydrogen (secondary N) is 1. The lowest BCUT2D eigenvalue weighted by atomic mass is 10.1. The number of hydrogen-bond donors (Lipinski definition) is 1. The van der Waals surface area contributed by atoms with Gasteiger partial charge in [0, 0.05) is 17.0 Å². The Balaban J connectivity index is 1.41. The number of rotatable bonds is 4. The zero-order chi connectivity index (χ0) is 20.7. The second-order valence-electron chi connectivity index (χ2n) is 6.59. The third-order valence-electron chi connectivity index (χ3n) is 4.59. The summed E-state index contributed by atoms with van der Waals surface area (Å²) in [5.41, 5.74) is 1.31. The van der Waals surface area contributed by atoms with Crippen molar-refractivity contribution in [2.45, 2.75) is 6.54 Å². The first-order chi connectivity index (χ1) is 14.6. The highest BCUT2D eigenvalue weighted by Gasteiger charge is 2.16. The Morgan fingerprint density at radius 2 is 1.97 bits per heavy atom. The van der Waals surface area contributed by atoms with Gasteiger partial charge in [-0.2, -0.15) is 5.10 Å². The Morgan fingerprint density at radius 1 is 1.10 bits per heavy atom. The lowest BCUT2D eigenvalue weighted by Crippen LogP contribution is -2.19. The minimum Gasteiger partial charge on any atom is -0.422 e. The molecule has 3 heterocycles. The van der Waals surface area contributed by atoms with Crippen LogP contribution in [-0.4, -0.2) is 20.8 Å². The van der Waals surface area contributed by atoms with Gasteiger partial charge in [0.15, 0.2) is 0 Å². The minimum absolute atomic E-state index is 0.111.